The number of rotatable bonds is 3. The Balaban J connectivity index is 2.98. The summed E-state index contributed by atoms with van der Waals surface area (Å²) in [4.78, 5) is 0. The zero-order valence-electron chi connectivity index (χ0n) is 4.52. The van der Waals surface area contributed by atoms with Crippen LogP contribution in [0.1, 0.15) is 6.42 Å². The minimum absolute atomic E-state index is 0.419. The van der Waals surface area contributed by atoms with Gasteiger partial charge in [0.2, 0.25) is 0 Å². The van der Waals surface area contributed by atoms with Crippen LogP contribution in [0.5, 0.6) is 0 Å². The third-order valence-electron chi connectivity index (χ3n) is 0.723. The van der Waals surface area contributed by atoms with Crippen molar-refractivity contribution in [2.24, 2.45) is 0 Å². The van der Waals surface area contributed by atoms with E-state index in [9.17, 15) is 0 Å². The van der Waals surface area contributed by atoms with Crippen LogP contribution in [0.4, 0.5) is 0 Å². The van der Waals surface area contributed by atoms with Gasteiger partial charge in [-0.3, -0.25) is 5.32 Å². The maximum Gasteiger partial charge on any atom is 0.108 e. The molecular weight excluding hydrogens is 90.1 g/mol. The molecule has 1 unspecified atom stereocenters. The van der Waals surface area contributed by atoms with Crippen LogP contribution in [-0.4, -0.2) is 18.4 Å². The molecule has 1 atom stereocenters. The molecular formula is C5H11NO. The highest BCUT2D eigenvalue weighted by atomic mass is 16.3. The molecule has 0 aromatic carbocycles. The topological polar surface area (TPSA) is 32.3 Å². The summed E-state index contributed by atoms with van der Waals surface area (Å²) >= 11 is 0. The van der Waals surface area contributed by atoms with Gasteiger partial charge < -0.3 is 5.11 Å². The Morgan fingerprint density at radius 1 is 2.00 bits per heavy atom. The highest BCUT2D eigenvalue weighted by Gasteiger charge is 1.90. The molecule has 0 rings (SSSR count). The summed E-state index contributed by atoms with van der Waals surface area (Å²) in [6, 6.07) is 0. The summed E-state index contributed by atoms with van der Waals surface area (Å²) in [5, 5.41) is 11.3. The third-order valence-corrected chi connectivity index (χ3v) is 0.723. The van der Waals surface area contributed by atoms with Crippen LogP contribution in [0.15, 0.2) is 12.7 Å². The van der Waals surface area contributed by atoms with Gasteiger partial charge in [-0.15, -0.1) is 6.58 Å². The Morgan fingerprint density at radius 2 is 2.57 bits per heavy atom. The first-order valence-corrected chi connectivity index (χ1v) is 2.27. The Morgan fingerprint density at radius 3 is 2.71 bits per heavy atom. The van der Waals surface area contributed by atoms with E-state index in [-0.39, 0.29) is 0 Å². The van der Waals surface area contributed by atoms with Crippen molar-refractivity contribution in [3.63, 3.8) is 0 Å². The molecule has 0 saturated carbocycles. The Kier molecular flexibility index (Phi) is 3.65. The average molecular weight is 101 g/mol. The summed E-state index contributed by atoms with van der Waals surface area (Å²) in [5.74, 6) is 0. The standard InChI is InChI=1S/C5H11NO/c1-3-4-5(7)6-2/h3,5-7H,1,4H2,2H3. The molecule has 0 aromatic rings. The lowest BCUT2D eigenvalue weighted by Gasteiger charge is -2.02. The fourth-order valence-corrected chi connectivity index (χ4v) is 0.276. The predicted octanol–water partition coefficient (Wildman–Crippen LogP) is 0.100. The molecule has 0 aliphatic carbocycles. The lowest BCUT2D eigenvalue weighted by atomic mass is 10.4. The maximum atomic E-state index is 8.68. The normalized spacial score (nSPS) is 13.4. The Labute approximate surface area is 43.9 Å². The van der Waals surface area contributed by atoms with E-state index in [0.717, 1.165) is 0 Å². The van der Waals surface area contributed by atoms with Crippen LogP contribution in [0.3, 0.4) is 0 Å². The van der Waals surface area contributed by atoms with Gasteiger partial charge in [0, 0.05) is 6.42 Å². The molecule has 0 bridgehead atoms. The average Bonchev–Trinajstić information content (AvgIpc) is 1.68. The van der Waals surface area contributed by atoms with Gasteiger partial charge in [-0.05, 0) is 7.05 Å². The molecule has 0 aromatic heterocycles. The first-order valence-electron chi connectivity index (χ1n) is 2.27. The molecule has 0 heterocycles. The molecule has 0 saturated heterocycles. The second kappa shape index (κ2) is 3.84. The summed E-state index contributed by atoms with van der Waals surface area (Å²) in [6.07, 6.45) is 1.86. The first-order chi connectivity index (χ1) is 3.31. The van der Waals surface area contributed by atoms with E-state index >= 15 is 0 Å². The van der Waals surface area contributed by atoms with Crippen molar-refractivity contribution in [2.45, 2.75) is 12.6 Å². The summed E-state index contributed by atoms with van der Waals surface area (Å²) < 4.78 is 0. The van der Waals surface area contributed by atoms with Gasteiger partial charge in [-0.25, -0.2) is 0 Å². The minimum Gasteiger partial charge on any atom is -0.378 e. The van der Waals surface area contributed by atoms with Crippen LogP contribution in [0, 0.1) is 0 Å². The zero-order chi connectivity index (χ0) is 5.70. The van der Waals surface area contributed by atoms with Crippen molar-refractivity contribution in [2.75, 3.05) is 7.05 Å². The van der Waals surface area contributed by atoms with E-state index in [0.29, 0.717) is 6.42 Å². The number of hydrogen-bond donors (Lipinski definition) is 2. The molecule has 42 valence electrons. The predicted molar refractivity (Wildman–Crippen MR) is 29.9 cm³/mol. The number of nitrogens with one attached hydrogen (secondary N) is 1. The van der Waals surface area contributed by atoms with Gasteiger partial charge in [-0.2, -0.15) is 0 Å². The monoisotopic (exact) mass is 101 g/mol. The number of aliphatic hydroxyl groups is 1. The second-order valence-corrected chi connectivity index (χ2v) is 1.33. The Hall–Kier alpha value is -0.340. The quantitative estimate of drug-likeness (QED) is 0.390. The van der Waals surface area contributed by atoms with Crippen LogP contribution < -0.4 is 5.32 Å². The lowest BCUT2D eigenvalue weighted by molar-refractivity contribution is 0.150. The van der Waals surface area contributed by atoms with Crippen molar-refractivity contribution < 1.29 is 5.11 Å². The smallest absolute Gasteiger partial charge is 0.108 e. The van der Waals surface area contributed by atoms with Crippen molar-refractivity contribution >= 4 is 0 Å². The van der Waals surface area contributed by atoms with Crippen LogP contribution in [0.2, 0.25) is 0 Å². The Bertz CT molecular complexity index is 54.0. The van der Waals surface area contributed by atoms with E-state index in [2.05, 4.69) is 11.9 Å². The van der Waals surface area contributed by atoms with Crippen LogP contribution in [0.25, 0.3) is 0 Å². The van der Waals surface area contributed by atoms with Crippen molar-refractivity contribution in [3.05, 3.63) is 12.7 Å². The van der Waals surface area contributed by atoms with Gasteiger partial charge in [0.25, 0.3) is 0 Å². The van der Waals surface area contributed by atoms with Gasteiger partial charge in [0.1, 0.15) is 6.23 Å². The molecule has 0 fully saturated rings. The molecule has 2 nitrogen and oxygen atoms in total. The van der Waals surface area contributed by atoms with Gasteiger partial charge in [-0.1, -0.05) is 6.08 Å². The van der Waals surface area contributed by atoms with E-state index in [1.54, 1.807) is 13.1 Å². The molecule has 0 aliphatic heterocycles. The molecule has 7 heavy (non-hydrogen) atoms. The molecule has 0 aliphatic rings. The molecule has 0 amide bonds. The van der Waals surface area contributed by atoms with Crippen LogP contribution >= 0.6 is 0 Å². The zero-order valence-corrected chi connectivity index (χ0v) is 4.52. The second-order valence-electron chi connectivity index (χ2n) is 1.33. The summed E-state index contributed by atoms with van der Waals surface area (Å²) in [7, 11) is 1.70. The van der Waals surface area contributed by atoms with E-state index in [4.69, 9.17) is 5.11 Å². The SMILES string of the molecule is C=CCC(O)NC. The largest absolute Gasteiger partial charge is 0.378 e. The lowest BCUT2D eigenvalue weighted by Crippen LogP contribution is -2.22. The van der Waals surface area contributed by atoms with Crippen molar-refractivity contribution in [1.82, 2.24) is 5.32 Å². The van der Waals surface area contributed by atoms with E-state index in [1.165, 1.54) is 0 Å². The number of hydrogen-bond acceptors (Lipinski definition) is 2. The molecule has 0 radical (unpaired) electrons. The van der Waals surface area contributed by atoms with Crippen LogP contribution in [-0.2, 0) is 0 Å². The van der Waals surface area contributed by atoms with Gasteiger partial charge in [0.15, 0.2) is 0 Å². The summed E-state index contributed by atoms with van der Waals surface area (Å²) in [6.45, 7) is 3.45. The van der Waals surface area contributed by atoms with E-state index < -0.39 is 6.23 Å². The number of aliphatic hydroxyl groups excluding tert-OH is 1. The minimum atomic E-state index is -0.419. The molecule has 0 spiro atoms. The highest BCUT2D eigenvalue weighted by molar-refractivity contribution is 4.69. The van der Waals surface area contributed by atoms with Crippen molar-refractivity contribution in [3.8, 4) is 0 Å². The van der Waals surface area contributed by atoms with Gasteiger partial charge >= 0.3 is 0 Å². The van der Waals surface area contributed by atoms with E-state index in [1.807, 2.05) is 0 Å². The van der Waals surface area contributed by atoms with Crippen molar-refractivity contribution in [1.29, 1.82) is 0 Å². The molecule has 2 N–H and O–H groups in total. The highest BCUT2D eigenvalue weighted by Crippen LogP contribution is 1.82. The third kappa shape index (κ3) is 3.49. The van der Waals surface area contributed by atoms with Gasteiger partial charge in [0.05, 0.1) is 0 Å². The fourth-order valence-electron chi connectivity index (χ4n) is 0.276. The molecule has 2 heteroatoms. The first kappa shape index (κ1) is 6.66. The summed E-state index contributed by atoms with van der Waals surface area (Å²) in [5.41, 5.74) is 0. The fraction of sp³-hybridized carbons (Fsp3) is 0.600. The maximum absolute atomic E-state index is 8.68.